The smallest absolute Gasteiger partial charge is 0.462 e. The number of esters is 4. The van der Waals surface area contributed by atoms with Crippen molar-refractivity contribution in [2.24, 2.45) is 11.8 Å². The summed E-state index contributed by atoms with van der Waals surface area (Å²) < 4.78 is 68.7. The number of rotatable bonds is 79. The van der Waals surface area contributed by atoms with Crippen LogP contribution in [0.5, 0.6) is 0 Å². The Morgan fingerprint density at radius 2 is 0.465 bits per heavy atom. The molecule has 0 aliphatic heterocycles. The second kappa shape index (κ2) is 71.7. The van der Waals surface area contributed by atoms with Gasteiger partial charge in [0.05, 0.1) is 26.4 Å². The van der Waals surface area contributed by atoms with Gasteiger partial charge in [-0.3, -0.25) is 37.3 Å². The SMILES string of the molecule is CCCCCCCCCCCCCCCCCC(=O)OC[C@H](COP(=O)(O)OC[C@@H](O)COP(=O)(O)OC[C@@H](COC(=O)CCCCCCCCCCCC(C)C)OC(=O)CCCCCCCCCCCCCCCCC)OC(=O)CCCCCCCCCCCCCCCCC(C)C. The molecule has 0 rings (SSSR count). The first-order valence-electron chi connectivity index (χ1n) is 41.5. The number of carbonyl (C=O) groups excluding carboxylic acids is 4. The molecule has 99 heavy (non-hydrogen) atoms. The summed E-state index contributed by atoms with van der Waals surface area (Å²) in [6.07, 6.45) is 60.9. The van der Waals surface area contributed by atoms with Crippen LogP contribution in [-0.4, -0.2) is 96.7 Å². The highest BCUT2D eigenvalue weighted by Crippen LogP contribution is 2.45. The fourth-order valence-corrected chi connectivity index (χ4v) is 13.9. The Morgan fingerprint density at radius 1 is 0.273 bits per heavy atom. The van der Waals surface area contributed by atoms with E-state index in [0.717, 1.165) is 102 Å². The number of ether oxygens (including phenoxy) is 4. The summed E-state index contributed by atoms with van der Waals surface area (Å²) in [4.78, 5) is 73.0. The average molecular weight is 1450 g/mol. The number of carbonyl (C=O) groups is 4. The molecule has 2 unspecified atom stereocenters. The van der Waals surface area contributed by atoms with E-state index in [9.17, 15) is 43.2 Å². The van der Waals surface area contributed by atoms with Gasteiger partial charge in [0.25, 0.3) is 0 Å². The average Bonchev–Trinajstić information content (AvgIpc) is 1.08. The van der Waals surface area contributed by atoms with Crippen LogP contribution < -0.4 is 0 Å². The van der Waals surface area contributed by atoms with Crippen LogP contribution in [-0.2, 0) is 65.4 Å². The molecular formula is C80H156O17P2. The largest absolute Gasteiger partial charge is 0.472 e. The van der Waals surface area contributed by atoms with Gasteiger partial charge in [-0.1, -0.05) is 369 Å². The molecule has 0 fully saturated rings. The van der Waals surface area contributed by atoms with Crippen LogP contribution in [0.1, 0.15) is 420 Å². The van der Waals surface area contributed by atoms with Gasteiger partial charge in [-0.2, -0.15) is 0 Å². The molecule has 0 aromatic rings. The second-order valence-electron chi connectivity index (χ2n) is 29.8. The number of aliphatic hydroxyl groups excluding tert-OH is 1. The number of phosphoric acid groups is 2. The molecule has 0 amide bonds. The summed E-state index contributed by atoms with van der Waals surface area (Å²) in [6.45, 7) is 9.64. The lowest BCUT2D eigenvalue weighted by atomic mass is 10.0. The predicted octanol–water partition coefficient (Wildman–Crippen LogP) is 23.9. The number of hydrogen-bond donors (Lipinski definition) is 3. The Balaban J connectivity index is 5.27. The van der Waals surface area contributed by atoms with Gasteiger partial charge >= 0.3 is 39.5 Å². The van der Waals surface area contributed by atoms with Crippen molar-refractivity contribution in [1.29, 1.82) is 0 Å². The van der Waals surface area contributed by atoms with Gasteiger partial charge in [0.1, 0.15) is 19.3 Å². The van der Waals surface area contributed by atoms with Crippen molar-refractivity contribution in [2.45, 2.75) is 439 Å². The van der Waals surface area contributed by atoms with Gasteiger partial charge in [0.15, 0.2) is 12.2 Å². The molecule has 19 heteroatoms. The van der Waals surface area contributed by atoms with Crippen LogP contribution in [0, 0.1) is 11.8 Å². The summed E-state index contributed by atoms with van der Waals surface area (Å²) in [7, 11) is -9.92. The molecule has 0 aliphatic rings. The summed E-state index contributed by atoms with van der Waals surface area (Å²) >= 11 is 0. The van der Waals surface area contributed by atoms with E-state index in [1.165, 1.54) is 238 Å². The number of phosphoric ester groups is 2. The minimum Gasteiger partial charge on any atom is -0.462 e. The summed E-state index contributed by atoms with van der Waals surface area (Å²) in [6, 6.07) is 0. The second-order valence-corrected chi connectivity index (χ2v) is 32.7. The highest BCUT2D eigenvalue weighted by Gasteiger charge is 2.30. The fraction of sp³-hybridized carbons (Fsp3) is 0.950. The van der Waals surface area contributed by atoms with Crippen molar-refractivity contribution in [2.75, 3.05) is 39.6 Å². The van der Waals surface area contributed by atoms with Gasteiger partial charge in [0.2, 0.25) is 0 Å². The van der Waals surface area contributed by atoms with Crippen molar-refractivity contribution in [3.8, 4) is 0 Å². The van der Waals surface area contributed by atoms with E-state index in [1.54, 1.807) is 0 Å². The predicted molar refractivity (Wildman–Crippen MR) is 405 cm³/mol. The van der Waals surface area contributed by atoms with Gasteiger partial charge < -0.3 is 33.8 Å². The van der Waals surface area contributed by atoms with Gasteiger partial charge in [-0.25, -0.2) is 9.13 Å². The van der Waals surface area contributed by atoms with E-state index in [1.807, 2.05) is 0 Å². The number of unbranched alkanes of at least 4 members (excludes halogenated alkanes) is 49. The topological polar surface area (TPSA) is 237 Å². The standard InChI is InChI=1S/C80H156O17P2/c1-7-9-11-13-15-17-19-21-23-28-32-38-44-50-56-62-77(82)90-68-75(96-80(85)65-59-53-47-40-34-30-26-25-27-31-36-42-48-54-60-72(3)4)70-94-98(86,87)92-66-74(81)67-93-99(88,89)95-71-76(69-91-78(83)63-57-51-45-41-35-37-43-49-55-61-73(5)6)97-79(84)64-58-52-46-39-33-29-24-22-20-18-16-14-12-10-8-2/h72-76,81H,7-71H2,1-6H3,(H,86,87)(H,88,89)/t74-,75-,76-/m1/s1. The van der Waals surface area contributed by atoms with Crippen molar-refractivity contribution < 1.29 is 80.2 Å². The van der Waals surface area contributed by atoms with E-state index >= 15 is 0 Å². The third kappa shape index (κ3) is 74.1. The fourth-order valence-electron chi connectivity index (χ4n) is 12.4. The molecule has 0 bridgehead atoms. The Kier molecular flexibility index (Phi) is 70.3. The summed E-state index contributed by atoms with van der Waals surface area (Å²) in [5, 5.41) is 10.6. The Bertz CT molecular complexity index is 1910. The number of aliphatic hydroxyl groups is 1. The van der Waals surface area contributed by atoms with Crippen LogP contribution in [0.25, 0.3) is 0 Å². The molecule has 3 N–H and O–H groups in total. The molecular weight excluding hydrogens is 1290 g/mol. The molecule has 0 saturated heterocycles. The van der Waals surface area contributed by atoms with Crippen molar-refractivity contribution >= 4 is 39.5 Å². The van der Waals surface area contributed by atoms with Crippen molar-refractivity contribution in [1.82, 2.24) is 0 Å². The zero-order valence-electron chi connectivity index (χ0n) is 64.8. The lowest BCUT2D eigenvalue weighted by molar-refractivity contribution is -0.161. The highest BCUT2D eigenvalue weighted by molar-refractivity contribution is 7.47. The zero-order valence-corrected chi connectivity index (χ0v) is 66.6. The Morgan fingerprint density at radius 3 is 0.687 bits per heavy atom. The van der Waals surface area contributed by atoms with Crippen LogP contribution in [0.4, 0.5) is 0 Å². The molecule has 17 nitrogen and oxygen atoms in total. The first-order valence-corrected chi connectivity index (χ1v) is 44.5. The third-order valence-electron chi connectivity index (χ3n) is 18.7. The first-order chi connectivity index (χ1) is 47.9. The molecule has 588 valence electrons. The van der Waals surface area contributed by atoms with Crippen LogP contribution in [0.15, 0.2) is 0 Å². The maximum absolute atomic E-state index is 13.1. The highest BCUT2D eigenvalue weighted by atomic mass is 31.2. The quantitative estimate of drug-likeness (QED) is 0.0222. The lowest BCUT2D eigenvalue weighted by Crippen LogP contribution is -2.30. The van der Waals surface area contributed by atoms with E-state index < -0.39 is 97.5 Å². The molecule has 0 heterocycles. The van der Waals surface area contributed by atoms with Crippen LogP contribution in [0.3, 0.4) is 0 Å². The number of hydrogen-bond acceptors (Lipinski definition) is 15. The van der Waals surface area contributed by atoms with Crippen LogP contribution >= 0.6 is 15.6 Å². The molecule has 0 aliphatic carbocycles. The van der Waals surface area contributed by atoms with E-state index in [4.69, 9.17) is 37.0 Å². The van der Waals surface area contributed by atoms with E-state index in [2.05, 4.69) is 41.5 Å². The van der Waals surface area contributed by atoms with Crippen molar-refractivity contribution in [3.63, 3.8) is 0 Å². The molecule has 0 saturated carbocycles. The van der Waals surface area contributed by atoms with Gasteiger partial charge in [0, 0.05) is 25.7 Å². The van der Waals surface area contributed by atoms with E-state index in [0.29, 0.717) is 25.7 Å². The van der Waals surface area contributed by atoms with Gasteiger partial charge in [-0.15, -0.1) is 0 Å². The normalized spacial score (nSPS) is 13.9. The molecule has 0 aromatic carbocycles. The van der Waals surface area contributed by atoms with Crippen LogP contribution in [0.2, 0.25) is 0 Å². The monoisotopic (exact) mass is 1450 g/mol. The minimum atomic E-state index is -4.96. The maximum atomic E-state index is 13.1. The van der Waals surface area contributed by atoms with Gasteiger partial charge in [-0.05, 0) is 37.5 Å². The molecule has 0 spiro atoms. The van der Waals surface area contributed by atoms with E-state index in [-0.39, 0.29) is 25.7 Å². The summed E-state index contributed by atoms with van der Waals surface area (Å²) in [5.74, 6) is -0.568. The molecule has 5 atom stereocenters. The third-order valence-corrected chi connectivity index (χ3v) is 20.6. The van der Waals surface area contributed by atoms with Crippen molar-refractivity contribution in [3.05, 3.63) is 0 Å². The minimum absolute atomic E-state index is 0.108. The molecule has 0 aromatic heterocycles. The lowest BCUT2D eigenvalue weighted by Gasteiger charge is -2.21. The zero-order chi connectivity index (χ0) is 72.8. The Labute approximate surface area is 607 Å². The first kappa shape index (κ1) is 97.1. The summed E-state index contributed by atoms with van der Waals surface area (Å²) in [5.41, 5.74) is 0. The Hall–Kier alpha value is -1.94. The maximum Gasteiger partial charge on any atom is 0.472 e. The molecule has 0 radical (unpaired) electrons.